The Labute approximate surface area is 101 Å². The van der Waals surface area contributed by atoms with Crippen LogP contribution in [0.15, 0.2) is 18.2 Å². The summed E-state index contributed by atoms with van der Waals surface area (Å²) in [7, 11) is 0. The fourth-order valence-corrected chi connectivity index (χ4v) is 3.02. The van der Waals surface area contributed by atoms with Crippen molar-refractivity contribution < 1.29 is 8.78 Å². The maximum Gasteiger partial charge on any atom is 0.126 e. The molecular formula is C14H19F2N. The van der Waals surface area contributed by atoms with E-state index in [0.717, 1.165) is 25.3 Å². The van der Waals surface area contributed by atoms with E-state index in [1.54, 1.807) is 0 Å². The summed E-state index contributed by atoms with van der Waals surface area (Å²) >= 11 is 0. The van der Waals surface area contributed by atoms with Gasteiger partial charge in [0.2, 0.25) is 0 Å². The molecule has 1 aromatic carbocycles. The fraction of sp³-hybridized carbons (Fsp3) is 0.571. The summed E-state index contributed by atoms with van der Waals surface area (Å²) in [6.45, 7) is 4.36. The summed E-state index contributed by atoms with van der Waals surface area (Å²) in [6, 6.07) is 3.30. The average Bonchev–Trinajstić information content (AvgIpc) is 2.55. The van der Waals surface area contributed by atoms with Crippen LogP contribution < -0.4 is 5.73 Å². The molecule has 0 aromatic heterocycles. The van der Waals surface area contributed by atoms with E-state index in [1.807, 2.05) is 0 Å². The van der Waals surface area contributed by atoms with Crippen molar-refractivity contribution in [3.63, 3.8) is 0 Å². The predicted octanol–water partition coefficient (Wildman–Crippen LogP) is 3.79. The zero-order valence-electron chi connectivity index (χ0n) is 10.3. The molecule has 1 saturated carbocycles. The molecule has 0 spiro atoms. The van der Waals surface area contributed by atoms with Gasteiger partial charge in [0.25, 0.3) is 0 Å². The zero-order chi connectivity index (χ0) is 12.6. The smallest absolute Gasteiger partial charge is 0.126 e. The third-order valence-corrected chi connectivity index (χ3v) is 4.04. The third kappa shape index (κ3) is 2.49. The molecule has 1 aliphatic carbocycles. The van der Waals surface area contributed by atoms with E-state index in [-0.39, 0.29) is 11.5 Å². The van der Waals surface area contributed by atoms with Gasteiger partial charge in [0.05, 0.1) is 0 Å². The van der Waals surface area contributed by atoms with Crippen molar-refractivity contribution in [1.82, 2.24) is 0 Å². The quantitative estimate of drug-likeness (QED) is 0.834. The summed E-state index contributed by atoms with van der Waals surface area (Å²) in [5, 5.41) is 0. The van der Waals surface area contributed by atoms with Crippen molar-refractivity contribution in [2.45, 2.75) is 39.2 Å². The lowest BCUT2D eigenvalue weighted by molar-refractivity contribution is 0.221. The Morgan fingerprint density at radius 3 is 2.29 bits per heavy atom. The number of halogens is 2. The van der Waals surface area contributed by atoms with Crippen molar-refractivity contribution in [3.05, 3.63) is 35.4 Å². The van der Waals surface area contributed by atoms with E-state index >= 15 is 0 Å². The van der Waals surface area contributed by atoms with Crippen molar-refractivity contribution in [1.29, 1.82) is 0 Å². The van der Waals surface area contributed by atoms with Crippen LogP contribution in [0.1, 0.15) is 44.7 Å². The average molecular weight is 239 g/mol. The Morgan fingerprint density at radius 1 is 1.24 bits per heavy atom. The molecule has 0 bridgehead atoms. The number of hydrogen-bond donors (Lipinski definition) is 1. The lowest BCUT2D eigenvalue weighted by Gasteiger charge is -2.32. The van der Waals surface area contributed by atoms with E-state index in [9.17, 15) is 8.78 Å². The summed E-state index contributed by atoms with van der Waals surface area (Å²) in [5.74, 6) is -0.804. The van der Waals surface area contributed by atoms with E-state index in [4.69, 9.17) is 5.73 Å². The molecule has 0 radical (unpaired) electrons. The SMILES string of the molecule is CC1(C)CCCC1C(N)c1cc(F)cc(F)c1. The van der Waals surface area contributed by atoms with Crippen LogP contribution in [0, 0.1) is 23.0 Å². The lowest BCUT2D eigenvalue weighted by Crippen LogP contribution is -2.29. The van der Waals surface area contributed by atoms with Gasteiger partial charge in [-0.05, 0) is 41.9 Å². The Balaban J connectivity index is 2.27. The van der Waals surface area contributed by atoms with Crippen LogP contribution in [-0.2, 0) is 0 Å². The highest BCUT2D eigenvalue weighted by Crippen LogP contribution is 2.47. The number of rotatable bonds is 2. The molecule has 2 atom stereocenters. The van der Waals surface area contributed by atoms with Crippen molar-refractivity contribution in [2.75, 3.05) is 0 Å². The van der Waals surface area contributed by atoms with E-state index < -0.39 is 11.6 Å². The molecule has 2 N–H and O–H groups in total. The Hall–Kier alpha value is -0.960. The van der Waals surface area contributed by atoms with Gasteiger partial charge in [0.1, 0.15) is 11.6 Å². The summed E-state index contributed by atoms with van der Waals surface area (Å²) in [5.41, 5.74) is 6.91. The highest BCUT2D eigenvalue weighted by molar-refractivity contribution is 5.22. The molecule has 2 unspecified atom stereocenters. The van der Waals surface area contributed by atoms with Crippen LogP contribution in [0.4, 0.5) is 8.78 Å². The van der Waals surface area contributed by atoms with Crippen LogP contribution in [-0.4, -0.2) is 0 Å². The van der Waals surface area contributed by atoms with Gasteiger partial charge in [-0.2, -0.15) is 0 Å². The second-order valence-corrected chi connectivity index (χ2v) is 5.72. The highest BCUT2D eigenvalue weighted by atomic mass is 19.1. The maximum absolute atomic E-state index is 13.2. The van der Waals surface area contributed by atoms with Crippen molar-refractivity contribution >= 4 is 0 Å². The molecule has 1 aromatic rings. The first-order valence-electron chi connectivity index (χ1n) is 6.12. The Bertz CT molecular complexity index is 394. The first-order chi connectivity index (χ1) is 7.90. The molecule has 0 aliphatic heterocycles. The summed E-state index contributed by atoms with van der Waals surface area (Å²) in [4.78, 5) is 0. The highest BCUT2D eigenvalue weighted by Gasteiger charge is 2.38. The van der Waals surface area contributed by atoms with Gasteiger partial charge in [-0.15, -0.1) is 0 Å². The van der Waals surface area contributed by atoms with Gasteiger partial charge in [-0.3, -0.25) is 0 Å². The van der Waals surface area contributed by atoms with Gasteiger partial charge in [0, 0.05) is 12.1 Å². The molecule has 1 aliphatic rings. The summed E-state index contributed by atoms with van der Waals surface area (Å²) in [6.07, 6.45) is 3.30. The standard InChI is InChI=1S/C14H19F2N/c1-14(2)5-3-4-12(14)13(17)9-6-10(15)8-11(16)7-9/h6-8,12-13H,3-5,17H2,1-2H3. The third-order valence-electron chi connectivity index (χ3n) is 4.04. The van der Waals surface area contributed by atoms with Gasteiger partial charge >= 0.3 is 0 Å². The van der Waals surface area contributed by atoms with Crippen LogP contribution in [0.5, 0.6) is 0 Å². The van der Waals surface area contributed by atoms with Crippen LogP contribution >= 0.6 is 0 Å². The first kappa shape index (κ1) is 12.5. The van der Waals surface area contributed by atoms with Gasteiger partial charge in [-0.25, -0.2) is 8.78 Å². The van der Waals surface area contributed by atoms with Gasteiger partial charge in [0.15, 0.2) is 0 Å². The molecule has 0 heterocycles. The van der Waals surface area contributed by atoms with Crippen molar-refractivity contribution in [3.8, 4) is 0 Å². The van der Waals surface area contributed by atoms with Gasteiger partial charge in [-0.1, -0.05) is 20.3 Å². The zero-order valence-corrected chi connectivity index (χ0v) is 10.3. The van der Waals surface area contributed by atoms with Crippen molar-refractivity contribution in [2.24, 2.45) is 17.1 Å². The fourth-order valence-electron chi connectivity index (χ4n) is 3.02. The molecule has 0 saturated heterocycles. The lowest BCUT2D eigenvalue weighted by atomic mass is 9.76. The molecule has 17 heavy (non-hydrogen) atoms. The molecule has 2 rings (SSSR count). The van der Waals surface area contributed by atoms with Gasteiger partial charge < -0.3 is 5.73 Å². The monoisotopic (exact) mass is 239 g/mol. The number of hydrogen-bond acceptors (Lipinski definition) is 1. The maximum atomic E-state index is 13.2. The molecule has 1 nitrogen and oxygen atoms in total. The first-order valence-corrected chi connectivity index (χ1v) is 6.12. The van der Waals surface area contributed by atoms with Crippen LogP contribution in [0.25, 0.3) is 0 Å². The minimum absolute atomic E-state index is 0.155. The number of nitrogens with two attached hydrogens (primary N) is 1. The largest absolute Gasteiger partial charge is 0.324 e. The summed E-state index contributed by atoms with van der Waals surface area (Å²) < 4.78 is 26.3. The normalized spacial score (nSPS) is 24.9. The van der Waals surface area contributed by atoms with E-state index in [1.165, 1.54) is 12.1 Å². The number of benzene rings is 1. The molecule has 3 heteroatoms. The van der Waals surface area contributed by atoms with Crippen LogP contribution in [0.3, 0.4) is 0 Å². The topological polar surface area (TPSA) is 26.0 Å². The molecule has 94 valence electrons. The predicted molar refractivity (Wildman–Crippen MR) is 64.4 cm³/mol. The molecule has 1 fully saturated rings. The second kappa shape index (κ2) is 4.37. The Kier molecular flexibility index (Phi) is 3.21. The minimum atomic E-state index is -0.550. The van der Waals surface area contributed by atoms with E-state index in [2.05, 4.69) is 13.8 Å². The molecular weight excluding hydrogens is 220 g/mol. The van der Waals surface area contributed by atoms with Crippen LogP contribution in [0.2, 0.25) is 0 Å². The molecule has 0 amide bonds. The van der Waals surface area contributed by atoms with E-state index in [0.29, 0.717) is 11.5 Å². The Morgan fingerprint density at radius 2 is 1.82 bits per heavy atom. The second-order valence-electron chi connectivity index (χ2n) is 5.72. The minimum Gasteiger partial charge on any atom is -0.324 e.